The van der Waals surface area contributed by atoms with E-state index in [9.17, 15) is 14.7 Å². The van der Waals surface area contributed by atoms with Crippen LogP contribution in [0, 0.1) is 11.8 Å². The second-order valence-corrected chi connectivity index (χ2v) is 7.05. The first kappa shape index (κ1) is 14.5. The van der Waals surface area contributed by atoms with Gasteiger partial charge in [-0.05, 0) is 38.3 Å². The van der Waals surface area contributed by atoms with E-state index < -0.39 is 0 Å². The molecule has 2 fully saturated rings. The van der Waals surface area contributed by atoms with E-state index in [2.05, 4.69) is 5.32 Å². The molecule has 5 nitrogen and oxygen atoms in total. The molecular formula is C15H20N2O3S. The Kier molecular flexibility index (Phi) is 3.99. The molecule has 1 saturated carbocycles. The first-order valence-electron chi connectivity index (χ1n) is 7.42. The van der Waals surface area contributed by atoms with Crippen LogP contribution in [0.1, 0.15) is 35.9 Å². The molecule has 0 radical (unpaired) electrons. The van der Waals surface area contributed by atoms with Gasteiger partial charge in [0.15, 0.2) is 0 Å². The number of nitrogens with zero attached hydrogens (tertiary/aromatic N) is 1. The molecular weight excluding hydrogens is 288 g/mol. The van der Waals surface area contributed by atoms with Crippen LogP contribution in [0.25, 0.3) is 0 Å². The van der Waals surface area contributed by atoms with E-state index in [4.69, 9.17) is 0 Å². The van der Waals surface area contributed by atoms with Crippen LogP contribution in [0.2, 0.25) is 0 Å². The lowest BCUT2D eigenvalue weighted by Crippen LogP contribution is -2.29. The van der Waals surface area contributed by atoms with Crippen molar-refractivity contribution in [1.29, 1.82) is 0 Å². The van der Waals surface area contributed by atoms with Gasteiger partial charge in [0.25, 0.3) is 5.91 Å². The first-order valence-corrected chi connectivity index (χ1v) is 8.24. The minimum absolute atomic E-state index is 0.00456. The highest BCUT2D eigenvalue weighted by atomic mass is 32.1. The molecule has 21 heavy (non-hydrogen) atoms. The maximum Gasteiger partial charge on any atom is 0.264 e. The second kappa shape index (κ2) is 5.77. The molecule has 114 valence electrons. The highest BCUT2D eigenvalue weighted by Gasteiger charge is 2.31. The summed E-state index contributed by atoms with van der Waals surface area (Å²) in [5, 5.41) is 13.2. The summed E-state index contributed by atoms with van der Waals surface area (Å²) >= 11 is 1.33. The van der Waals surface area contributed by atoms with Gasteiger partial charge in [-0.15, -0.1) is 11.3 Å². The standard InChI is InChI=1S/C15H20N2O3S/c1-9(18)11-6-7-17(8-11)15(20)12-4-5-13(21-12)16-14(19)10-2-3-10/h4-5,9-11,18H,2-3,6-8H2,1H3,(H,16,19). The van der Waals surface area contributed by atoms with Crippen molar-refractivity contribution in [2.45, 2.75) is 32.3 Å². The Balaban J connectivity index is 1.60. The molecule has 0 bridgehead atoms. The van der Waals surface area contributed by atoms with Gasteiger partial charge >= 0.3 is 0 Å². The molecule has 2 N–H and O–H groups in total. The SMILES string of the molecule is CC(O)C1CCN(C(=O)c2ccc(NC(=O)C3CC3)s2)C1. The van der Waals surface area contributed by atoms with E-state index in [1.807, 2.05) is 0 Å². The van der Waals surface area contributed by atoms with Gasteiger partial charge in [0.05, 0.1) is 16.0 Å². The summed E-state index contributed by atoms with van der Waals surface area (Å²) in [7, 11) is 0. The number of aliphatic hydroxyl groups excluding tert-OH is 1. The topological polar surface area (TPSA) is 69.6 Å². The summed E-state index contributed by atoms with van der Waals surface area (Å²) < 4.78 is 0. The van der Waals surface area contributed by atoms with E-state index in [1.54, 1.807) is 24.0 Å². The molecule has 1 aromatic heterocycles. The predicted molar refractivity (Wildman–Crippen MR) is 81.4 cm³/mol. The molecule has 2 aliphatic rings. The highest BCUT2D eigenvalue weighted by Crippen LogP contribution is 2.32. The second-order valence-electron chi connectivity index (χ2n) is 5.97. The number of amides is 2. The lowest BCUT2D eigenvalue weighted by molar-refractivity contribution is -0.117. The minimum atomic E-state index is -0.375. The molecule has 2 unspecified atom stereocenters. The van der Waals surface area contributed by atoms with Gasteiger partial charge < -0.3 is 15.3 Å². The van der Waals surface area contributed by atoms with Crippen LogP contribution >= 0.6 is 11.3 Å². The third kappa shape index (κ3) is 3.27. The Labute approximate surface area is 128 Å². The zero-order chi connectivity index (χ0) is 15.0. The van der Waals surface area contributed by atoms with Gasteiger partial charge in [-0.3, -0.25) is 9.59 Å². The number of thiophene rings is 1. The lowest BCUT2D eigenvalue weighted by Gasteiger charge is -2.16. The van der Waals surface area contributed by atoms with Gasteiger partial charge in [-0.25, -0.2) is 0 Å². The minimum Gasteiger partial charge on any atom is -0.393 e. The summed E-state index contributed by atoms with van der Waals surface area (Å²) in [5.74, 6) is 0.390. The zero-order valence-electron chi connectivity index (χ0n) is 12.0. The number of carbonyl (C=O) groups excluding carboxylic acids is 2. The molecule has 2 atom stereocenters. The fourth-order valence-electron chi connectivity index (χ4n) is 2.61. The van der Waals surface area contributed by atoms with Crippen LogP contribution in [0.5, 0.6) is 0 Å². The van der Waals surface area contributed by atoms with Gasteiger partial charge in [-0.1, -0.05) is 0 Å². The molecule has 1 aromatic rings. The van der Waals surface area contributed by atoms with Crippen molar-refractivity contribution in [1.82, 2.24) is 4.90 Å². The van der Waals surface area contributed by atoms with Crippen molar-refractivity contribution in [3.05, 3.63) is 17.0 Å². The molecule has 0 aromatic carbocycles. The maximum atomic E-state index is 12.4. The number of likely N-dealkylation sites (tertiary alicyclic amines) is 1. The smallest absolute Gasteiger partial charge is 0.264 e. The third-order valence-electron chi connectivity index (χ3n) is 4.21. The monoisotopic (exact) mass is 308 g/mol. The number of nitrogens with one attached hydrogen (secondary N) is 1. The van der Waals surface area contributed by atoms with E-state index in [-0.39, 0.29) is 29.8 Å². The Hall–Kier alpha value is -1.40. The fraction of sp³-hybridized carbons (Fsp3) is 0.600. The Bertz CT molecular complexity index is 551. The number of anilines is 1. The van der Waals surface area contributed by atoms with Gasteiger partial charge in [0.1, 0.15) is 0 Å². The van der Waals surface area contributed by atoms with E-state index in [0.29, 0.717) is 18.0 Å². The maximum absolute atomic E-state index is 12.4. The van der Waals surface area contributed by atoms with E-state index >= 15 is 0 Å². The highest BCUT2D eigenvalue weighted by molar-refractivity contribution is 7.18. The molecule has 1 saturated heterocycles. The summed E-state index contributed by atoms with van der Waals surface area (Å²) in [6.07, 6.45) is 2.41. The van der Waals surface area contributed by atoms with Crippen molar-refractivity contribution in [3.8, 4) is 0 Å². The lowest BCUT2D eigenvalue weighted by atomic mass is 10.0. The first-order chi connectivity index (χ1) is 10.0. The van der Waals surface area contributed by atoms with Crippen molar-refractivity contribution in [2.24, 2.45) is 11.8 Å². The number of rotatable bonds is 4. The number of aliphatic hydroxyl groups is 1. The normalized spacial score (nSPS) is 23.1. The molecule has 0 spiro atoms. The zero-order valence-corrected chi connectivity index (χ0v) is 12.9. The molecule has 2 heterocycles. The van der Waals surface area contributed by atoms with Crippen LogP contribution in [0.4, 0.5) is 5.00 Å². The van der Waals surface area contributed by atoms with Crippen molar-refractivity contribution >= 4 is 28.2 Å². The Morgan fingerprint density at radius 2 is 2.14 bits per heavy atom. The number of carbonyl (C=O) groups is 2. The molecule has 1 aliphatic heterocycles. The Morgan fingerprint density at radius 1 is 1.38 bits per heavy atom. The van der Waals surface area contributed by atoms with E-state index in [1.165, 1.54) is 11.3 Å². The largest absolute Gasteiger partial charge is 0.393 e. The average Bonchev–Trinajstić information content (AvgIpc) is 3.01. The summed E-state index contributed by atoms with van der Waals surface area (Å²) in [6.45, 7) is 3.07. The van der Waals surface area contributed by atoms with Gasteiger partial charge in [-0.2, -0.15) is 0 Å². The van der Waals surface area contributed by atoms with Crippen molar-refractivity contribution in [3.63, 3.8) is 0 Å². The van der Waals surface area contributed by atoms with Crippen LogP contribution in [-0.2, 0) is 4.79 Å². The fourth-order valence-corrected chi connectivity index (χ4v) is 3.49. The van der Waals surface area contributed by atoms with Crippen molar-refractivity contribution in [2.75, 3.05) is 18.4 Å². The van der Waals surface area contributed by atoms with Crippen LogP contribution in [-0.4, -0.2) is 41.0 Å². The van der Waals surface area contributed by atoms with E-state index in [0.717, 1.165) is 24.3 Å². The van der Waals surface area contributed by atoms with Crippen molar-refractivity contribution < 1.29 is 14.7 Å². The van der Waals surface area contributed by atoms with Crippen LogP contribution < -0.4 is 5.32 Å². The van der Waals surface area contributed by atoms with Gasteiger partial charge in [0.2, 0.25) is 5.91 Å². The average molecular weight is 308 g/mol. The number of hydrogen-bond acceptors (Lipinski definition) is 4. The molecule has 3 rings (SSSR count). The quantitative estimate of drug-likeness (QED) is 0.893. The van der Waals surface area contributed by atoms with Gasteiger partial charge in [0, 0.05) is 24.9 Å². The van der Waals surface area contributed by atoms with Crippen LogP contribution in [0.15, 0.2) is 12.1 Å². The summed E-state index contributed by atoms with van der Waals surface area (Å²) in [4.78, 5) is 26.5. The summed E-state index contributed by atoms with van der Waals surface area (Å²) in [5.41, 5.74) is 0. The summed E-state index contributed by atoms with van der Waals surface area (Å²) in [6, 6.07) is 3.56. The predicted octanol–water partition coefficient (Wildman–Crippen LogP) is 1.94. The Morgan fingerprint density at radius 3 is 2.76 bits per heavy atom. The third-order valence-corrected chi connectivity index (χ3v) is 5.19. The molecule has 6 heteroatoms. The molecule has 1 aliphatic carbocycles. The molecule has 2 amide bonds. The van der Waals surface area contributed by atoms with Crippen LogP contribution in [0.3, 0.4) is 0 Å². The number of hydrogen-bond donors (Lipinski definition) is 2.